The zero-order valence-corrected chi connectivity index (χ0v) is 28.9. The van der Waals surface area contributed by atoms with Crippen LogP contribution in [-0.4, -0.2) is 77.8 Å². The summed E-state index contributed by atoms with van der Waals surface area (Å²) in [5.74, 6) is -0.487. The number of hydrogen-bond donors (Lipinski definition) is 2. The molecular formula is C35H50N4O9. The number of esters is 1. The average molecular weight is 671 g/mol. The molecule has 2 amide bonds. The fourth-order valence-corrected chi connectivity index (χ4v) is 4.68. The van der Waals surface area contributed by atoms with Crippen molar-refractivity contribution < 1.29 is 43.0 Å². The number of amides is 2. The first-order valence-corrected chi connectivity index (χ1v) is 16.2. The smallest absolute Gasteiger partial charge is 0.461 e. The fraction of sp³-hybridized carbons (Fsp3) is 0.543. The van der Waals surface area contributed by atoms with Gasteiger partial charge in [-0.2, -0.15) is 0 Å². The number of alkyl carbamates (subject to hydrolysis) is 1. The first kappa shape index (κ1) is 38.1. The normalized spacial score (nSPS) is 14.7. The maximum absolute atomic E-state index is 13.3. The first-order valence-electron chi connectivity index (χ1n) is 16.2. The molecular weight excluding hydrogens is 620 g/mol. The highest BCUT2D eigenvalue weighted by molar-refractivity contribution is 5.73. The predicted octanol–water partition coefficient (Wildman–Crippen LogP) is 5.74. The lowest BCUT2D eigenvalue weighted by Crippen LogP contribution is -2.54. The van der Waals surface area contributed by atoms with Gasteiger partial charge in [0.15, 0.2) is 0 Å². The molecule has 13 nitrogen and oxygen atoms in total. The summed E-state index contributed by atoms with van der Waals surface area (Å²) in [6.45, 7) is 11.9. The summed E-state index contributed by atoms with van der Waals surface area (Å²) in [4.78, 5) is 56.3. The summed E-state index contributed by atoms with van der Waals surface area (Å²) < 4.78 is 21.7. The average Bonchev–Trinajstić information content (AvgIpc) is 3.01. The molecule has 264 valence electrons. The highest BCUT2D eigenvalue weighted by atomic mass is 16.8. The van der Waals surface area contributed by atoms with Crippen molar-refractivity contribution in [3.63, 3.8) is 0 Å². The monoisotopic (exact) mass is 670 g/mol. The standard InChI is InChI=1S/C35H50N4O9/c1-34(2,3)46-31(41)37-29(21-30(40)44-24-27-13-9-7-10-14-27)22-36-39(32(42)47-35(4,5)6)23-26-17-19-38(20-18-26)48-33(43)45-25-28-15-11-8-12-16-28/h7-16,26,29,36H,17-25H2,1-6H3,(H,37,41)/t29-/m0/s1. The van der Waals surface area contributed by atoms with Crippen molar-refractivity contribution in [1.82, 2.24) is 20.8 Å². The van der Waals surface area contributed by atoms with E-state index in [-0.39, 0.29) is 38.6 Å². The molecule has 0 unspecified atom stereocenters. The van der Waals surface area contributed by atoms with Crippen molar-refractivity contribution >= 4 is 24.3 Å². The summed E-state index contributed by atoms with van der Waals surface area (Å²) in [6.07, 6.45) is -1.01. The maximum atomic E-state index is 13.3. The number of benzene rings is 2. The largest absolute Gasteiger partial charge is 0.528 e. The lowest BCUT2D eigenvalue weighted by Gasteiger charge is -2.35. The Hall–Kier alpha value is -4.36. The molecule has 0 bridgehead atoms. The van der Waals surface area contributed by atoms with Gasteiger partial charge < -0.3 is 29.1 Å². The summed E-state index contributed by atoms with van der Waals surface area (Å²) in [5, 5.41) is 5.64. The van der Waals surface area contributed by atoms with E-state index in [9.17, 15) is 19.2 Å². The third-order valence-electron chi connectivity index (χ3n) is 6.94. The number of hydrazine groups is 1. The number of carbonyl (C=O) groups excluding carboxylic acids is 4. The number of ether oxygens (including phenoxy) is 4. The molecule has 2 N–H and O–H groups in total. The van der Waals surface area contributed by atoms with Crippen molar-refractivity contribution in [2.45, 2.75) is 91.3 Å². The van der Waals surface area contributed by atoms with E-state index < -0.39 is 41.6 Å². The Kier molecular flexibility index (Phi) is 14.5. The van der Waals surface area contributed by atoms with Gasteiger partial charge >= 0.3 is 24.3 Å². The van der Waals surface area contributed by atoms with Crippen LogP contribution in [0.5, 0.6) is 0 Å². The number of hydroxylamine groups is 2. The molecule has 0 aromatic heterocycles. The molecule has 2 aromatic carbocycles. The molecule has 1 fully saturated rings. The van der Waals surface area contributed by atoms with E-state index in [2.05, 4.69) is 10.7 Å². The van der Waals surface area contributed by atoms with Crippen LogP contribution in [0.25, 0.3) is 0 Å². The van der Waals surface area contributed by atoms with Gasteiger partial charge in [0.05, 0.1) is 12.5 Å². The van der Waals surface area contributed by atoms with Gasteiger partial charge in [0.2, 0.25) is 0 Å². The summed E-state index contributed by atoms with van der Waals surface area (Å²) in [7, 11) is 0. The molecule has 3 rings (SSSR count). The van der Waals surface area contributed by atoms with E-state index >= 15 is 0 Å². The van der Waals surface area contributed by atoms with E-state index in [0.717, 1.165) is 11.1 Å². The van der Waals surface area contributed by atoms with E-state index in [1.165, 1.54) is 5.01 Å². The Morgan fingerprint density at radius 3 is 1.90 bits per heavy atom. The van der Waals surface area contributed by atoms with Crippen LogP contribution in [0.2, 0.25) is 0 Å². The van der Waals surface area contributed by atoms with Gasteiger partial charge in [-0.3, -0.25) is 4.79 Å². The zero-order chi connectivity index (χ0) is 35.2. The van der Waals surface area contributed by atoms with Crippen molar-refractivity contribution in [3.8, 4) is 0 Å². The van der Waals surface area contributed by atoms with Crippen LogP contribution in [0.1, 0.15) is 71.9 Å². The second-order valence-corrected chi connectivity index (χ2v) is 13.6. The molecule has 1 saturated heterocycles. The van der Waals surface area contributed by atoms with Crippen LogP contribution < -0.4 is 10.7 Å². The lowest BCUT2D eigenvalue weighted by atomic mass is 9.98. The van der Waals surface area contributed by atoms with Gasteiger partial charge in [0, 0.05) is 26.2 Å². The third-order valence-corrected chi connectivity index (χ3v) is 6.94. The minimum Gasteiger partial charge on any atom is -0.461 e. The molecule has 0 saturated carbocycles. The van der Waals surface area contributed by atoms with Crippen LogP contribution in [0.3, 0.4) is 0 Å². The van der Waals surface area contributed by atoms with E-state index in [4.69, 9.17) is 23.8 Å². The van der Waals surface area contributed by atoms with Crippen LogP contribution in [-0.2, 0) is 41.8 Å². The van der Waals surface area contributed by atoms with Gasteiger partial charge in [-0.15, -0.1) is 5.06 Å². The minimum atomic E-state index is -0.778. The lowest BCUT2D eigenvalue weighted by molar-refractivity contribution is -0.145. The fourth-order valence-electron chi connectivity index (χ4n) is 4.68. The van der Waals surface area contributed by atoms with Crippen molar-refractivity contribution in [1.29, 1.82) is 0 Å². The SMILES string of the molecule is CC(C)(C)OC(=O)N[C@H](CNN(CC1CCN(OC(=O)OCc2ccccc2)CC1)C(=O)OC(C)(C)C)CC(=O)OCc1ccccc1. The molecule has 1 heterocycles. The summed E-state index contributed by atoms with van der Waals surface area (Å²) in [6, 6.07) is 17.8. The molecule has 0 radical (unpaired) electrons. The van der Waals surface area contributed by atoms with Gasteiger partial charge in [-0.1, -0.05) is 60.7 Å². The minimum absolute atomic E-state index is 0.00807. The maximum Gasteiger partial charge on any atom is 0.528 e. The predicted molar refractivity (Wildman–Crippen MR) is 177 cm³/mol. The van der Waals surface area contributed by atoms with Crippen LogP contribution in [0, 0.1) is 5.92 Å². The first-order chi connectivity index (χ1) is 22.6. The Bertz CT molecular complexity index is 1300. The van der Waals surface area contributed by atoms with Crippen molar-refractivity contribution in [2.24, 2.45) is 5.92 Å². The van der Waals surface area contributed by atoms with E-state index in [1.807, 2.05) is 60.7 Å². The van der Waals surface area contributed by atoms with Gasteiger partial charge in [0.25, 0.3) is 0 Å². The highest BCUT2D eigenvalue weighted by Gasteiger charge is 2.30. The van der Waals surface area contributed by atoms with E-state index in [0.29, 0.717) is 25.9 Å². The van der Waals surface area contributed by atoms with Crippen LogP contribution in [0.4, 0.5) is 14.4 Å². The third kappa shape index (κ3) is 15.5. The topological polar surface area (TPSA) is 145 Å². The quantitative estimate of drug-likeness (QED) is 0.153. The molecule has 2 aromatic rings. The second-order valence-electron chi connectivity index (χ2n) is 13.6. The zero-order valence-electron chi connectivity index (χ0n) is 28.9. The number of piperidine rings is 1. The number of hydrogen-bond acceptors (Lipinski definition) is 11. The second kappa shape index (κ2) is 18.3. The molecule has 0 aliphatic carbocycles. The van der Waals surface area contributed by atoms with Crippen LogP contribution >= 0.6 is 0 Å². The number of carbonyl (C=O) groups is 4. The molecule has 1 aliphatic heterocycles. The van der Waals surface area contributed by atoms with Gasteiger partial charge in [-0.25, -0.2) is 24.8 Å². The molecule has 13 heteroatoms. The number of nitrogens with one attached hydrogen (secondary N) is 2. The highest BCUT2D eigenvalue weighted by Crippen LogP contribution is 2.20. The Morgan fingerprint density at radius 2 is 1.35 bits per heavy atom. The molecule has 48 heavy (non-hydrogen) atoms. The number of nitrogens with zero attached hydrogens (tertiary/aromatic N) is 2. The van der Waals surface area contributed by atoms with Gasteiger partial charge in [0.1, 0.15) is 24.4 Å². The Labute approximate surface area is 283 Å². The van der Waals surface area contributed by atoms with Gasteiger partial charge in [-0.05, 0) is 71.4 Å². The molecule has 1 atom stereocenters. The van der Waals surface area contributed by atoms with E-state index in [1.54, 1.807) is 46.6 Å². The Balaban J connectivity index is 1.58. The summed E-state index contributed by atoms with van der Waals surface area (Å²) in [5.41, 5.74) is 3.25. The van der Waals surface area contributed by atoms with Crippen LogP contribution in [0.15, 0.2) is 60.7 Å². The molecule has 0 spiro atoms. The van der Waals surface area contributed by atoms with Crippen molar-refractivity contribution in [2.75, 3.05) is 26.2 Å². The van der Waals surface area contributed by atoms with Crippen molar-refractivity contribution in [3.05, 3.63) is 71.8 Å². The number of rotatable bonds is 13. The summed E-state index contributed by atoms with van der Waals surface area (Å²) >= 11 is 0. The molecule has 1 aliphatic rings. The Morgan fingerprint density at radius 1 is 0.812 bits per heavy atom.